The van der Waals surface area contributed by atoms with Gasteiger partial charge in [-0.3, -0.25) is 4.79 Å². The van der Waals surface area contributed by atoms with Gasteiger partial charge in [0.1, 0.15) is 6.04 Å². The third-order valence-electron chi connectivity index (χ3n) is 5.20. The number of nitrogen functional groups attached to an aromatic ring is 1. The Bertz CT molecular complexity index is 658. The van der Waals surface area contributed by atoms with Crippen LogP contribution in [0, 0.1) is 5.41 Å². The molecule has 5 nitrogen and oxygen atoms in total. The molecule has 1 fully saturated rings. The van der Waals surface area contributed by atoms with Crippen LogP contribution in [0.25, 0.3) is 0 Å². The number of carbonyl (C=O) groups is 2. The Kier molecular flexibility index (Phi) is 4.60. The zero-order valence-corrected chi connectivity index (χ0v) is 14.0. The Hall–Kier alpha value is -2.30. The Morgan fingerprint density at radius 3 is 2.50 bits per heavy atom. The molecule has 0 radical (unpaired) electrons. The van der Waals surface area contributed by atoms with Crippen LogP contribution in [-0.4, -0.2) is 24.9 Å². The maximum atomic E-state index is 12.2. The van der Waals surface area contributed by atoms with E-state index in [-0.39, 0.29) is 17.2 Å². The number of allylic oxidation sites excluding steroid dienone is 2. The molecule has 1 atom stereocenters. The maximum absolute atomic E-state index is 12.2. The molecule has 0 saturated heterocycles. The van der Waals surface area contributed by atoms with E-state index in [0.29, 0.717) is 12.1 Å². The second kappa shape index (κ2) is 6.67. The van der Waals surface area contributed by atoms with Crippen molar-refractivity contribution in [2.24, 2.45) is 5.41 Å². The van der Waals surface area contributed by atoms with E-state index in [2.05, 4.69) is 5.32 Å². The molecule has 1 aromatic rings. The first kappa shape index (κ1) is 16.6. The van der Waals surface area contributed by atoms with Gasteiger partial charge >= 0.3 is 5.97 Å². The second-order valence-electron chi connectivity index (χ2n) is 6.73. The maximum Gasteiger partial charge on any atom is 0.328 e. The number of hydrogen-bond donors (Lipinski definition) is 2. The van der Waals surface area contributed by atoms with E-state index < -0.39 is 6.04 Å². The van der Waals surface area contributed by atoms with Crippen molar-refractivity contribution in [3.05, 3.63) is 41.6 Å². The molecule has 0 bridgehead atoms. The van der Waals surface area contributed by atoms with Crippen molar-refractivity contribution in [3.8, 4) is 0 Å². The first-order valence-corrected chi connectivity index (χ1v) is 8.50. The van der Waals surface area contributed by atoms with Gasteiger partial charge in [-0.2, -0.15) is 0 Å². The van der Waals surface area contributed by atoms with Crippen molar-refractivity contribution in [2.45, 2.75) is 44.6 Å². The summed E-state index contributed by atoms with van der Waals surface area (Å²) < 4.78 is 4.94. The van der Waals surface area contributed by atoms with Crippen molar-refractivity contribution < 1.29 is 14.3 Å². The van der Waals surface area contributed by atoms with Crippen LogP contribution < -0.4 is 11.1 Å². The fraction of sp³-hybridized carbons (Fsp3) is 0.474. The molecule has 3 rings (SSSR count). The summed E-state index contributed by atoms with van der Waals surface area (Å²) >= 11 is 0. The van der Waals surface area contributed by atoms with Gasteiger partial charge in [0.05, 0.1) is 12.5 Å². The Morgan fingerprint density at radius 1 is 1.25 bits per heavy atom. The average Bonchev–Trinajstić information content (AvgIpc) is 2.62. The van der Waals surface area contributed by atoms with Crippen LogP contribution in [0.3, 0.4) is 0 Å². The molecule has 0 aliphatic heterocycles. The first-order valence-electron chi connectivity index (χ1n) is 8.50. The number of hydrogen-bond acceptors (Lipinski definition) is 5. The number of anilines is 1. The molecule has 5 heteroatoms. The van der Waals surface area contributed by atoms with Crippen LogP contribution in [0.4, 0.5) is 5.69 Å². The second-order valence-corrected chi connectivity index (χ2v) is 6.73. The molecule has 2 aliphatic carbocycles. The number of esters is 1. The highest BCUT2D eigenvalue weighted by atomic mass is 16.5. The monoisotopic (exact) mass is 328 g/mol. The van der Waals surface area contributed by atoms with Gasteiger partial charge in [0.15, 0.2) is 5.78 Å². The van der Waals surface area contributed by atoms with Crippen molar-refractivity contribution >= 4 is 17.4 Å². The number of carbonyl (C=O) groups excluding carboxylic acids is 2. The van der Waals surface area contributed by atoms with E-state index in [4.69, 9.17) is 10.5 Å². The average molecular weight is 328 g/mol. The summed E-state index contributed by atoms with van der Waals surface area (Å²) in [5.74, 6) is -0.126. The molecule has 0 aromatic heterocycles. The summed E-state index contributed by atoms with van der Waals surface area (Å²) in [5, 5.41) is 3.29. The standard InChI is InChI=1S/C19H24N2O3/c1-24-18(23)15(11-13-5-7-14(20)8-6-13)21-16-12-17(22)19(16)9-3-2-4-10-19/h5-8,12,15,21H,2-4,9-11,20H2,1H3/t15-/m0/s1. The highest BCUT2D eigenvalue weighted by Crippen LogP contribution is 2.48. The van der Waals surface area contributed by atoms with Crippen LogP contribution >= 0.6 is 0 Å². The van der Waals surface area contributed by atoms with E-state index in [1.54, 1.807) is 6.08 Å². The van der Waals surface area contributed by atoms with Crippen molar-refractivity contribution in [2.75, 3.05) is 12.8 Å². The first-order chi connectivity index (χ1) is 11.5. The van der Waals surface area contributed by atoms with E-state index in [1.165, 1.54) is 13.5 Å². The summed E-state index contributed by atoms with van der Waals surface area (Å²) in [4.78, 5) is 24.4. The molecule has 128 valence electrons. The van der Waals surface area contributed by atoms with Gasteiger partial charge in [-0.25, -0.2) is 4.79 Å². The molecule has 1 saturated carbocycles. The summed E-state index contributed by atoms with van der Waals surface area (Å²) in [6.45, 7) is 0. The molecule has 2 aliphatic rings. The lowest BCUT2D eigenvalue weighted by Gasteiger charge is -2.44. The number of ether oxygens (including phenoxy) is 1. The quantitative estimate of drug-likeness (QED) is 0.640. The zero-order chi connectivity index (χ0) is 17.2. The molecule has 3 N–H and O–H groups in total. The van der Waals surface area contributed by atoms with Gasteiger partial charge in [0.2, 0.25) is 0 Å². The van der Waals surface area contributed by atoms with Crippen molar-refractivity contribution in [3.63, 3.8) is 0 Å². The van der Waals surface area contributed by atoms with Gasteiger partial charge in [-0.1, -0.05) is 31.4 Å². The molecule has 24 heavy (non-hydrogen) atoms. The van der Waals surface area contributed by atoms with Gasteiger partial charge in [0.25, 0.3) is 0 Å². The molecular weight excluding hydrogens is 304 g/mol. The minimum absolute atomic E-state index is 0.195. The SMILES string of the molecule is COC(=O)[C@H](Cc1ccc(N)cc1)NC1=CC(=O)C12CCCCC2. The molecule has 0 amide bonds. The lowest BCUT2D eigenvalue weighted by Crippen LogP contribution is -2.52. The number of nitrogens with two attached hydrogens (primary N) is 1. The molecule has 1 spiro atoms. The third-order valence-corrected chi connectivity index (χ3v) is 5.20. The molecule has 1 aromatic carbocycles. The Labute approximate surface area is 142 Å². The van der Waals surface area contributed by atoms with E-state index in [9.17, 15) is 9.59 Å². The predicted molar refractivity (Wildman–Crippen MR) is 92.1 cm³/mol. The number of benzene rings is 1. The number of ketones is 1. The third kappa shape index (κ3) is 3.03. The normalized spacial score (nSPS) is 20.0. The summed E-state index contributed by atoms with van der Waals surface area (Å²) in [7, 11) is 1.39. The van der Waals surface area contributed by atoms with E-state index in [0.717, 1.165) is 36.9 Å². The van der Waals surface area contributed by atoms with Gasteiger partial charge in [0, 0.05) is 23.9 Å². The lowest BCUT2D eigenvalue weighted by atomic mass is 9.62. The minimum Gasteiger partial charge on any atom is -0.467 e. The van der Waals surface area contributed by atoms with Crippen molar-refractivity contribution in [1.82, 2.24) is 5.32 Å². The summed E-state index contributed by atoms with van der Waals surface area (Å²) in [6, 6.07) is 6.95. The van der Waals surface area contributed by atoms with E-state index in [1.807, 2.05) is 24.3 Å². The predicted octanol–water partition coefficient (Wildman–Crippen LogP) is 2.36. The highest BCUT2D eigenvalue weighted by Gasteiger charge is 2.49. The van der Waals surface area contributed by atoms with Crippen LogP contribution in [0.15, 0.2) is 36.0 Å². The molecule has 0 unspecified atom stereocenters. The van der Waals surface area contributed by atoms with Crippen LogP contribution in [0.1, 0.15) is 37.7 Å². The number of rotatable bonds is 5. The largest absolute Gasteiger partial charge is 0.467 e. The highest BCUT2D eigenvalue weighted by molar-refractivity contribution is 6.05. The Balaban J connectivity index is 1.75. The number of methoxy groups -OCH3 is 1. The van der Waals surface area contributed by atoms with Gasteiger partial charge < -0.3 is 15.8 Å². The molecular formula is C19H24N2O3. The van der Waals surface area contributed by atoms with Crippen LogP contribution in [0.2, 0.25) is 0 Å². The lowest BCUT2D eigenvalue weighted by molar-refractivity contribution is -0.143. The zero-order valence-electron chi connectivity index (χ0n) is 14.0. The summed E-state index contributed by atoms with van der Waals surface area (Å²) in [5.41, 5.74) is 7.91. The summed E-state index contributed by atoms with van der Waals surface area (Å²) in [6.07, 6.45) is 7.19. The Morgan fingerprint density at radius 2 is 1.92 bits per heavy atom. The van der Waals surface area contributed by atoms with Crippen LogP contribution in [-0.2, 0) is 20.7 Å². The number of nitrogens with one attached hydrogen (secondary N) is 1. The fourth-order valence-electron chi connectivity index (χ4n) is 3.73. The van der Waals surface area contributed by atoms with E-state index >= 15 is 0 Å². The minimum atomic E-state index is -0.503. The van der Waals surface area contributed by atoms with Gasteiger partial charge in [-0.05, 0) is 30.5 Å². The topological polar surface area (TPSA) is 81.4 Å². The van der Waals surface area contributed by atoms with Gasteiger partial charge in [-0.15, -0.1) is 0 Å². The molecule has 0 heterocycles. The van der Waals surface area contributed by atoms with Crippen molar-refractivity contribution in [1.29, 1.82) is 0 Å². The smallest absolute Gasteiger partial charge is 0.328 e. The fourth-order valence-corrected chi connectivity index (χ4v) is 3.73. The van der Waals surface area contributed by atoms with Crippen LogP contribution in [0.5, 0.6) is 0 Å².